The number of amides is 1. The molecule has 0 aromatic carbocycles. The molecule has 0 radical (unpaired) electrons. The van der Waals surface area contributed by atoms with E-state index in [9.17, 15) is 9.59 Å². The molecule has 98 valence electrons. The third-order valence-electron chi connectivity index (χ3n) is 2.45. The van der Waals surface area contributed by atoms with Gasteiger partial charge in [0.15, 0.2) is 0 Å². The quantitative estimate of drug-likeness (QED) is 0.765. The molecule has 0 aliphatic carbocycles. The fourth-order valence-corrected chi connectivity index (χ4v) is 1.59. The Balaban J connectivity index is 2.52. The lowest BCUT2D eigenvalue weighted by Crippen LogP contribution is -2.28. The van der Waals surface area contributed by atoms with Crippen molar-refractivity contribution in [2.45, 2.75) is 12.8 Å². The number of methoxy groups -OCH3 is 1. The van der Waals surface area contributed by atoms with Crippen LogP contribution in [0.3, 0.4) is 0 Å². The molecule has 1 aromatic heterocycles. The van der Waals surface area contributed by atoms with E-state index < -0.39 is 0 Å². The average molecular weight is 271 g/mol. The Morgan fingerprint density at radius 1 is 1.50 bits per heavy atom. The molecule has 0 fully saturated rings. The summed E-state index contributed by atoms with van der Waals surface area (Å²) in [6.45, 7) is 0.457. The normalized spacial score (nSPS) is 9.94. The van der Waals surface area contributed by atoms with E-state index in [1.807, 2.05) is 0 Å². The highest BCUT2D eigenvalue weighted by molar-refractivity contribution is 6.33. The second-order valence-electron chi connectivity index (χ2n) is 3.76. The van der Waals surface area contributed by atoms with E-state index in [-0.39, 0.29) is 18.3 Å². The van der Waals surface area contributed by atoms with Gasteiger partial charge in [-0.25, -0.2) is 0 Å². The SMILES string of the molecule is COC(=O)CCCN(C)C(=O)c1cnccc1Cl. The molecule has 1 aromatic rings. The Morgan fingerprint density at radius 3 is 2.83 bits per heavy atom. The highest BCUT2D eigenvalue weighted by atomic mass is 35.5. The maximum absolute atomic E-state index is 12.0. The summed E-state index contributed by atoms with van der Waals surface area (Å²) >= 11 is 5.91. The first-order valence-electron chi connectivity index (χ1n) is 5.48. The molecule has 0 N–H and O–H groups in total. The lowest BCUT2D eigenvalue weighted by atomic mass is 10.2. The monoisotopic (exact) mass is 270 g/mol. The van der Waals surface area contributed by atoms with Crippen LogP contribution in [-0.4, -0.2) is 42.5 Å². The Hall–Kier alpha value is -1.62. The van der Waals surface area contributed by atoms with Gasteiger partial charge in [0, 0.05) is 32.4 Å². The zero-order chi connectivity index (χ0) is 13.5. The van der Waals surface area contributed by atoms with Crippen molar-refractivity contribution in [1.29, 1.82) is 0 Å². The van der Waals surface area contributed by atoms with E-state index in [1.165, 1.54) is 24.4 Å². The lowest BCUT2D eigenvalue weighted by molar-refractivity contribution is -0.140. The topological polar surface area (TPSA) is 59.5 Å². The van der Waals surface area contributed by atoms with Gasteiger partial charge in [-0.15, -0.1) is 0 Å². The van der Waals surface area contributed by atoms with E-state index in [0.717, 1.165) is 0 Å². The highest BCUT2D eigenvalue weighted by Crippen LogP contribution is 2.15. The maximum atomic E-state index is 12.0. The summed E-state index contributed by atoms with van der Waals surface area (Å²) in [5.74, 6) is -0.492. The molecule has 1 amide bonds. The summed E-state index contributed by atoms with van der Waals surface area (Å²) in [4.78, 5) is 28.3. The zero-order valence-corrected chi connectivity index (χ0v) is 11.1. The fraction of sp³-hybridized carbons (Fsp3) is 0.417. The number of ether oxygens (including phenoxy) is 1. The zero-order valence-electron chi connectivity index (χ0n) is 10.4. The van der Waals surface area contributed by atoms with Crippen molar-refractivity contribution in [2.24, 2.45) is 0 Å². The minimum Gasteiger partial charge on any atom is -0.469 e. The number of pyridine rings is 1. The molecular formula is C12H15ClN2O3. The van der Waals surface area contributed by atoms with Crippen molar-refractivity contribution in [3.8, 4) is 0 Å². The molecule has 0 aliphatic heterocycles. The predicted molar refractivity (Wildman–Crippen MR) is 67.5 cm³/mol. The first-order valence-corrected chi connectivity index (χ1v) is 5.86. The van der Waals surface area contributed by atoms with E-state index in [1.54, 1.807) is 13.1 Å². The largest absolute Gasteiger partial charge is 0.469 e. The molecule has 1 heterocycles. The predicted octanol–water partition coefficient (Wildman–Crippen LogP) is 1.76. The lowest BCUT2D eigenvalue weighted by Gasteiger charge is -2.17. The van der Waals surface area contributed by atoms with Gasteiger partial charge in [0.2, 0.25) is 0 Å². The van der Waals surface area contributed by atoms with Gasteiger partial charge < -0.3 is 9.64 Å². The van der Waals surface area contributed by atoms with Gasteiger partial charge in [0.1, 0.15) is 0 Å². The van der Waals surface area contributed by atoms with Gasteiger partial charge in [0.25, 0.3) is 5.91 Å². The van der Waals surface area contributed by atoms with Gasteiger partial charge in [-0.1, -0.05) is 11.6 Å². The van der Waals surface area contributed by atoms with Crippen LogP contribution in [0.25, 0.3) is 0 Å². The maximum Gasteiger partial charge on any atom is 0.305 e. The van der Waals surface area contributed by atoms with Gasteiger partial charge in [0.05, 0.1) is 17.7 Å². The number of carbonyl (C=O) groups excluding carboxylic acids is 2. The molecule has 0 spiro atoms. The molecule has 0 atom stereocenters. The van der Waals surface area contributed by atoms with Gasteiger partial charge in [-0.05, 0) is 12.5 Å². The van der Waals surface area contributed by atoms with Gasteiger partial charge in [-0.3, -0.25) is 14.6 Å². The van der Waals surface area contributed by atoms with Crippen LogP contribution in [0.15, 0.2) is 18.5 Å². The molecule has 1 rings (SSSR count). The number of hydrogen-bond acceptors (Lipinski definition) is 4. The number of carbonyl (C=O) groups is 2. The molecule has 0 saturated heterocycles. The molecule has 0 saturated carbocycles. The van der Waals surface area contributed by atoms with E-state index in [0.29, 0.717) is 23.6 Å². The van der Waals surface area contributed by atoms with Crippen LogP contribution in [0.4, 0.5) is 0 Å². The van der Waals surface area contributed by atoms with Crippen molar-refractivity contribution >= 4 is 23.5 Å². The Morgan fingerprint density at radius 2 is 2.22 bits per heavy atom. The average Bonchev–Trinajstić information content (AvgIpc) is 2.38. The highest BCUT2D eigenvalue weighted by Gasteiger charge is 2.15. The summed E-state index contributed by atoms with van der Waals surface area (Å²) in [5.41, 5.74) is 0.361. The van der Waals surface area contributed by atoms with Crippen LogP contribution in [-0.2, 0) is 9.53 Å². The number of hydrogen-bond donors (Lipinski definition) is 0. The van der Waals surface area contributed by atoms with Crippen molar-refractivity contribution in [2.75, 3.05) is 20.7 Å². The molecule has 0 unspecified atom stereocenters. The number of esters is 1. The molecule has 0 aliphatic rings. The number of halogens is 1. The molecule has 5 nitrogen and oxygen atoms in total. The molecule has 0 bridgehead atoms. The van der Waals surface area contributed by atoms with Crippen LogP contribution in [0.5, 0.6) is 0 Å². The minimum atomic E-state index is -0.282. The summed E-state index contributed by atoms with van der Waals surface area (Å²) in [7, 11) is 3.00. The third kappa shape index (κ3) is 4.00. The van der Waals surface area contributed by atoms with Crippen LogP contribution < -0.4 is 0 Å². The summed E-state index contributed by atoms with van der Waals surface area (Å²) in [5, 5.41) is 0.370. The number of aromatic nitrogens is 1. The number of nitrogens with zero attached hydrogens (tertiary/aromatic N) is 2. The Bertz CT molecular complexity index is 437. The molecule has 18 heavy (non-hydrogen) atoms. The fourth-order valence-electron chi connectivity index (χ4n) is 1.40. The second-order valence-corrected chi connectivity index (χ2v) is 4.17. The van der Waals surface area contributed by atoms with Crippen molar-refractivity contribution < 1.29 is 14.3 Å². The summed E-state index contributed by atoms with van der Waals surface area (Å²) in [6, 6.07) is 1.57. The smallest absolute Gasteiger partial charge is 0.305 e. The minimum absolute atomic E-state index is 0.210. The molecular weight excluding hydrogens is 256 g/mol. The van der Waals surface area contributed by atoms with Crippen LogP contribution >= 0.6 is 11.6 Å². The van der Waals surface area contributed by atoms with Crippen molar-refractivity contribution in [1.82, 2.24) is 9.88 Å². The van der Waals surface area contributed by atoms with Crippen LogP contribution in [0.2, 0.25) is 5.02 Å². The standard InChI is InChI=1S/C12H15ClN2O3/c1-15(7-3-4-11(16)18-2)12(17)9-8-14-6-5-10(9)13/h5-6,8H,3-4,7H2,1-2H3. The van der Waals surface area contributed by atoms with E-state index >= 15 is 0 Å². The van der Waals surface area contributed by atoms with E-state index in [4.69, 9.17) is 11.6 Å². The van der Waals surface area contributed by atoms with Crippen molar-refractivity contribution in [3.63, 3.8) is 0 Å². The Labute approximate surface area is 111 Å². The Kier molecular flexibility index (Phi) is 5.58. The van der Waals surface area contributed by atoms with Crippen molar-refractivity contribution in [3.05, 3.63) is 29.0 Å². The third-order valence-corrected chi connectivity index (χ3v) is 2.78. The van der Waals surface area contributed by atoms with E-state index in [2.05, 4.69) is 9.72 Å². The van der Waals surface area contributed by atoms with Crippen LogP contribution in [0, 0.1) is 0 Å². The number of rotatable bonds is 5. The summed E-state index contributed by atoms with van der Waals surface area (Å²) < 4.78 is 4.52. The van der Waals surface area contributed by atoms with Gasteiger partial charge in [-0.2, -0.15) is 0 Å². The first-order chi connectivity index (χ1) is 8.56. The first kappa shape index (κ1) is 14.4. The van der Waals surface area contributed by atoms with Crippen LogP contribution in [0.1, 0.15) is 23.2 Å². The van der Waals surface area contributed by atoms with Gasteiger partial charge >= 0.3 is 5.97 Å². The second kappa shape index (κ2) is 6.96. The summed E-state index contributed by atoms with van der Waals surface area (Å²) in [6.07, 6.45) is 3.79. The molecule has 6 heteroatoms.